The molecule has 0 atom stereocenters. The molecule has 2 amide bonds. The van der Waals surface area contributed by atoms with Crippen LogP contribution >= 0.6 is 11.8 Å². The highest BCUT2D eigenvalue weighted by Crippen LogP contribution is 2.21. The molecule has 2 aromatic rings. The van der Waals surface area contributed by atoms with Crippen LogP contribution < -0.4 is 15.5 Å². The summed E-state index contributed by atoms with van der Waals surface area (Å²) in [5, 5.41) is 10.6. The van der Waals surface area contributed by atoms with Gasteiger partial charge in [-0.1, -0.05) is 0 Å². The number of carbonyl (C=O) groups excluding carboxylic acids is 2. The van der Waals surface area contributed by atoms with Gasteiger partial charge < -0.3 is 14.5 Å². The van der Waals surface area contributed by atoms with Gasteiger partial charge in [0.2, 0.25) is 5.91 Å². The van der Waals surface area contributed by atoms with E-state index in [1.807, 2.05) is 0 Å². The van der Waals surface area contributed by atoms with E-state index in [1.165, 1.54) is 12.3 Å². The lowest BCUT2D eigenvalue weighted by Gasteiger charge is -2.07. The second-order valence-electron chi connectivity index (χ2n) is 4.46. The number of carbonyl (C=O) groups is 2. The molecule has 2 rings (SSSR count). The van der Waals surface area contributed by atoms with Crippen LogP contribution in [0.4, 0.5) is 4.79 Å². The van der Waals surface area contributed by atoms with Gasteiger partial charge in [-0.2, -0.15) is 0 Å². The van der Waals surface area contributed by atoms with Crippen molar-refractivity contribution in [2.24, 2.45) is 0 Å². The highest BCUT2D eigenvalue weighted by Gasteiger charge is 2.03. The Kier molecular flexibility index (Phi) is 6.93. The highest BCUT2D eigenvalue weighted by atomic mass is 32.2. The van der Waals surface area contributed by atoms with Crippen LogP contribution in [-0.2, 0) is 4.79 Å². The molecule has 1 heterocycles. The zero-order valence-electron chi connectivity index (χ0n) is 12.6. The van der Waals surface area contributed by atoms with E-state index in [2.05, 4.69) is 5.32 Å². The van der Waals surface area contributed by atoms with Crippen LogP contribution in [0, 0.1) is 0 Å². The summed E-state index contributed by atoms with van der Waals surface area (Å²) in [4.78, 5) is 23.2. The Labute approximate surface area is 142 Å². The van der Waals surface area contributed by atoms with Gasteiger partial charge in [0.05, 0.1) is 12.8 Å². The van der Waals surface area contributed by atoms with E-state index in [0.29, 0.717) is 29.6 Å². The van der Waals surface area contributed by atoms with Crippen molar-refractivity contribution in [2.75, 3.05) is 13.2 Å². The Balaban J connectivity index is 1.66. The number of amides is 2. The average molecular weight is 348 g/mol. The molecule has 0 radical (unpaired) electrons. The molecular formula is C16H16N2O5S. The summed E-state index contributed by atoms with van der Waals surface area (Å²) in [5.74, 6) is 0.982. The van der Waals surface area contributed by atoms with E-state index in [-0.39, 0.29) is 5.91 Å². The molecular weight excluding hydrogens is 332 g/mol. The molecule has 0 saturated heterocycles. The lowest BCUT2D eigenvalue weighted by Crippen LogP contribution is -2.26. The summed E-state index contributed by atoms with van der Waals surface area (Å²) in [7, 11) is 0. The topological polar surface area (TPSA) is 101 Å². The minimum Gasteiger partial charge on any atom is -0.492 e. The molecule has 0 spiro atoms. The third kappa shape index (κ3) is 6.19. The number of hydrogen-bond acceptors (Lipinski definition) is 6. The van der Waals surface area contributed by atoms with Crippen molar-refractivity contribution in [1.29, 1.82) is 0 Å². The smallest absolute Gasteiger partial charge is 0.307 e. The van der Waals surface area contributed by atoms with Crippen molar-refractivity contribution in [3.05, 3.63) is 54.5 Å². The van der Waals surface area contributed by atoms with Crippen molar-refractivity contribution in [1.82, 2.24) is 10.8 Å². The van der Waals surface area contributed by atoms with E-state index in [1.54, 1.807) is 48.0 Å². The number of nitrogens with one attached hydrogen (secondary N) is 2. The maximum absolute atomic E-state index is 11.6. The molecule has 0 aliphatic heterocycles. The lowest BCUT2D eigenvalue weighted by atomic mass is 10.3. The van der Waals surface area contributed by atoms with Crippen LogP contribution in [0.5, 0.6) is 5.75 Å². The van der Waals surface area contributed by atoms with Crippen molar-refractivity contribution in [3.63, 3.8) is 0 Å². The molecule has 1 aromatic carbocycles. The van der Waals surface area contributed by atoms with E-state index < -0.39 is 5.24 Å². The molecule has 8 heteroatoms. The normalized spacial score (nSPS) is 10.5. The predicted molar refractivity (Wildman–Crippen MR) is 88.9 cm³/mol. The molecule has 126 valence electrons. The molecule has 7 nitrogen and oxygen atoms in total. The third-order valence-electron chi connectivity index (χ3n) is 2.74. The van der Waals surface area contributed by atoms with Crippen LogP contribution in [0.25, 0.3) is 6.08 Å². The summed E-state index contributed by atoms with van der Waals surface area (Å²) in [6.07, 6.45) is 4.50. The molecule has 0 fully saturated rings. The van der Waals surface area contributed by atoms with E-state index in [0.717, 1.165) is 11.8 Å². The Hall–Kier alpha value is -2.71. The monoisotopic (exact) mass is 348 g/mol. The van der Waals surface area contributed by atoms with Gasteiger partial charge in [-0.3, -0.25) is 14.8 Å². The minimum atomic E-state index is -0.561. The highest BCUT2D eigenvalue weighted by molar-refractivity contribution is 8.13. The summed E-state index contributed by atoms with van der Waals surface area (Å²) in [5.41, 5.74) is 1.54. The molecule has 0 saturated carbocycles. The van der Waals surface area contributed by atoms with Gasteiger partial charge in [-0.25, -0.2) is 5.48 Å². The Morgan fingerprint density at radius 2 is 2.04 bits per heavy atom. The Morgan fingerprint density at radius 3 is 2.71 bits per heavy atom. The molecule has 1 aromatic heterocycles. The zero-order chi connectivity index (χ0) is 17.2. The number of ether oxygens (including phenoxy) is 1. The van der Waals surface area contributed by atoms with Gasteiger partial charge >= 0.3 is 5.24 Å². The SMILES string of the molecule is O=C(/C=C/c1ccco1)NCCOc1ccc(SC(=O)NO)cc1. The van der Waals surface area contributed by atoms with Gasteiger partial charge in [0.15, 0.2) is 0 Å². The van der Waals surface area contributed by atoms with E-state index >= 15 is 0 Å². The molecule has 3 N–H and O–H groups in total. The summed E-state index contributed by atoms with van der Waals surface area (Å²) >= 11 is 0.861. The average Bonchev–Trinajstić information content (AvgIpc) is 3.11. The van der Waals surface area contributed by atoms with Gasteiger partial charge in [-0.15, -0.1) is 0 Å². The number of hydroxylamine groups is 1. The predicted octanol–water partition coefficient (Wildman–Crippen LogP) is 2.68. The van der Waals surface area contributed by atoms with Crippen LogP contribution in [0.3, 0.4) is 0 Å². The van der Waals surface area contributed by atoms with Crippen molar-refractivity contribution in [2.45, 2.75) is 4.90 Å². The summed E-state index contributed by atoms with van der Waals surface area (Å²) in [6, 6.07) is 10.3. The van der Waals surface area contributed by atoms with Gasteiger partial charge in [0, 0.05) is 11.0 Å². The summed E-state index contributed by atoms with van der Waals surface area (Å²) in [6.45, 7) is 0.661. The fourth-order valence-corrected chi connectivity index (χ4v) is 2.21. The lowest BCUT2D eigenvalue weighted by molar-refractivity contribution is -0.116. The van der Waals surface area contributed by atoms with Gasteiger partial charge in [0.25, 0.3) is 0 Å². The second kappa shape index (κ2) is 9.43. The van der Waals surface area contributed by atoms with E-state index in [9.17, 15) is 9.59 Å². The minimum absolute atomic E-state index is 0.239. The largest absolute Gasteiger partial charge is 0.492 e. The fourth-order valence-electron chi connectivity index (χ4n) is 1.68. The Morgan fingerprint density at radius 1 is 1.25 bits per heavy atom. The second-order valence-corrected chi connectivity index (χ2v) is 5.51. The van der Waals surface area contributed by atoms with E-state index in [4.69, 9.17) is 14.4 Å². The Bertz CT molecular complexity index is 683. The quantitative estimate of drug-likeness (QED) is 0.234. The first-order valence-electron chi connectivity index (χ1n) is 7.01. The van der Waals surface area contributed by atoms with Crippen LogP contribution in [-0.4, -0.2) is 29.5 Å². The number of furan rings is 1. The van der Waals surface area contributed by atoms with Gasteiger partial charge in [0.1, 0.15) is 18.1 Å². The van der Waals surface area contributed by atoms with Gasteiger partial charge in [-0.05, 0) is 54.2 Å². The first-order valence-corrected chi connectivity index (χ1v) is 7.83. The first-order chi connectivity index (χ1) is 11.7. The number of thioether (sulfide) groups is 1. The van der Waals surface area contributed by atoms with Crippen LogP contribution in [0.15, 0.2) is 58.1 Å². The number of hydrogen-bond donors (Lipinski definition) is 3. The molecule has 0 aliphatic rings. The maximum atomic E-state index is 11.6. The van der Waals surface area contributed by atoms with Crippen LogP contribution in [0.1, 0.15) is 5.76 Å². The molecule has 0 aliphatic carbocycles. The molecule has 0 bridgehead atoms. The zero-order valence-corrected chi connectivity index (χ0v) is 13.4. The third-order valence-corrected chi connectivity index (χ3v) is 3.52. The number of rotatable bonds is 7. The molecule has 24 heavy (non-hydrogen) atoms. The van der Waals surface area contributed by atoms with Crippen molar-refractivity contribution < 1.29 is 24.0 Å². The first kappa shape index (κ1) is 17.6. The number of benzene rings is 1. The van der Waals surface area contributed by atoms with Crippen LogP contribution in [0.2, 0.25) is 0 Å². The standard InChI is InChI=1S/C16H16N2O5S/c19-15(8-5-12-2-1-10-22-12)17-9-11-23-13-3-6-14(7-4-13)24-16(20)18-21/h1-8,10,21H,9,11H2,(H,17,19)(H,18,20)/b8-5+. The fraction of sp³-hybridized carbons (Fsp3) is 0.125. The maximum Gasteiger partial charge on any atom is 0.307 e. The summed E-state index contributed by atoms with van der Waals surface area (Å²) < 4.78 is 10.6. The van der Waals surface area contributed by atoms with Crippen molar-refractivity contribution in [3.8, 4) is 5.75 Å². The molecule has 0 unspecified atom stereocenters. The van der Waals surface area contributed by atoms with Crippen molar-refractivity contribution >= 4 is 29.0 Å².